The van der Waals surface area contributed by atoms with Crippen LogP contribution >= 0.6 is 11.8 Å². The Balaban J connectivity index is 2.17. The molecule has 90 valence electrons. The van der Waals surface area contributed by atoms with Gasteiger partial charge in [-0.05, 0) is 43.8 Å². The average Bonchev–Trinajstić information content (AvgIpc) is 2.26. The molecule has 0 fully saturated rings. The Labute approximate surface area is 102 Å². The van der Waals surface area contributed by atoms with Gasteiger partial charge in [0.1, 0.15) is 0 Å². The number of hydrogen-bond donors (Lipinski definition) is 2. The van der Waals surface area contributed by atoms with E-state index in [0.29, 0.717) is 6.54 Å². The first-order chi connectivity index (χ1) is 7.64. The van der Waals surface area contributed by atoms with Gasteiger partial charge in [-0.25, -0.2) is 0 Å². The van der Waals surface area contributed by atoms with E-state index in [1.165, 1.54) is 5.56 Å². The third-order valence-electron chi connectivity index (χ3n) is 2.30. The van der Waals surface area contributed by atoms with E-state index in [-0.39, 0.29) is 0 Å². The number of pyridine rings is 1. The molecule has 1 unspecified atom stereocenters. The predicted molar refractivity (Wildman–Crippen MR) is 69.8 cm³/mol. The zero-order chi connectivity index (χ0) is 11.9. The fourth-order valence-corrected chi connectivity index (χ4v) is 2.23. The van der Waals surface area contributed by atoms with E-state index in [1.54, 1.807) is 24.2 Å². The third kappa shape index (κ3) is 5.49. The van der Waals surface area contributed by atoms with Crippen molar-refractivity contribution in [2.75, 3.05) is 25.1 Å². The molecule has 0 radical (unpaired) electrons. The topological polar surface area (TPSA) is 45.1 Å². The molecule has 1 atom stereocenters. The van der Waals surface area contributed by atoms with Gasteiger partial charge in [0.15, 0.2) is 0 Å². The normalized spacial score (nSPS) is 14.7. The number of aliphatic hydroxyl groups is 1. The van der Waals surface area contributed by atoms with Crippen molar-refractivity contribution in [3.8, 4) is 0 Å². The second-order valence-corrected chi connectivity index (χ2v) is 5.08. The van der Waals surface area contributed by atoms with Crippen LogP contribution in [0.3, 0.4) is 0 Å². The molecule has 0 saturated carbocycles. The van der Waals surface area contributed by atoms with Gasteiger partial charge in [0.2, 0.25) is 0 Å². The van der Waals surface area contributed by atoms with Gasteiger partial charge < -0.3 is 10.4 Å². The molecule has 0 spiro atoms. The van der Waals surface area contributed by atoms with E-state index in [2.05, 4.69) is 10.3 Å². The Morgan fingerprint density at radius 2 is 2.12 bits per heavy atom. The molecule has 2 N–H and O–H groups in total. The van der Waals surface area contributed by atoms with Crippen LogP contribution in [0, 0.1) is 0 Å². The van der Waals surface area contributed by atoms with Crippen LogP contribution in [0.2, 0.25) is 0 Å². The fraction of sp³-hybridized carbons (Fsp3) is 0.583. The molecule has 16 heavy (non-hydrogen) atoms. The Morgan fingerprint density at radius 3 is 2.75 bits per heavy atom. The monoisotopic (exact) mass is 240 g/mol. The first-order valence-corrected chi connectivity index (χ1v) is 6.84. The molecule has 0 aliphatic rings. The summed E-state index contributed by atoms with van der Waals surface area (Å²) in [4.78, 5) is 3.97. The van der Waals surface area contributed by atoms with Crippen LogP contribution in [0.15, 0.2) is 24.5 Å². The summed E-state index contributed by atoms with van der Waals surface area (Å²) in [5, 5.41) is 13.2. The molecular formula is C12H20N2OS. The van der Waals surface area contributed by atoms with Crippen LogP contribution in [0.25, 0.3) is 0 Å². The summed E-state index contributed by atoms with van der Waals surface area (Å²) in [6.45, 7) is 3.39. The highest BCUT2D eigenvalue weighted by Gasteiger charge is 2.18. The number of thioether (sulfide) groups is 1. The molecule has 0 bridgehead atoms. The predicted octanol–water partition coefficient (Wildman–Crippen LogP) is 1.33. The lowest BCUT2D eigenvalue weighted by atomic mass is 10.1. The minimum absolute atomic E-state index is 0.613. The van der Waals surface area contributed by atoms with Gasteiger partial charge in [-0.2, -0.15) is 11.8 Å². The molecule has 0 aliphatic heterocycles. The first-order valence-electron chi connectivity index (χ1n) is 5.45. The number of hydrogen-bond acceptors (Lipinski definition) is 4. The fourth-order valence-electron chi connectivity index (χ4n) is 1.50. The Bertz CT molecular complexity index is 290. The Morgan fingerprint density at radius 1 is 1.44 bits per heavy atom. The van der Waals surface area contributed by atoms with Gasteiger partial charge in [0.05, 0.1) is 5.60 Å². The van der Waals surface area contributed by atoms with E-state index in [1.807, 2.05) is 25.3 Å². The highest BCUT2D eigenvalue weighted by molar-refractivity contribution is 7.98. The van der Waals surface area contributed by atoms with Crippen molar-refractivity contribution in [3.05, 3.63) is 30.1 Å². The standard InChI is InChI=1S/C12H20N2OS/c1-12(15,10-16-2)9-14-8-5-11-3-6-13-7-4-11/h3-4,6-7,14-15H,5,8-10H2,1-2H3. The summed E-state index contributed by atoms with van der Waals surface area (Å²) in [5.41, 5.74) is 0.657. The summed E-state index contributed by atoms with van der Waals surface area (Å²) < 4.78 is 0. The number of nitrogens with one attached hydrogen (secondary N) is 1. The molecular weight excluding hydrogens is 220 g/mol. The van der Waals surface area contributed by atoms with Crippen LogP contribution in [-0.2, 0) is 6.42 Å². The van der Waals surface area contributed by atoms with Crippen LogP contribution in [0.4, 0.5) is 0 Å². The summed E-state index contributed by atoms with van der Waals surface area (Å²) in [7, 11) is 0. The van der Waals surface area contributed by atoms with Gasteiger partial charge >= 0.3 is 0 Å². The summed E-state index contributed by atoms with van der Waals surface area (Å²) in [6.07, 6.45) is 6.59. The van der Waals surface area contributed by atoms with Crippen molar-refractivity contribution in [3.63, 3.8) is 0 Å². The van der Waals surface area contributed by atoms with Gasteiger partial charge in [0, 0.05) is 24.7 Å². The van der Waals surface area contributed by atoms with E-state index in [0.717, 1.165) is 18.7 Å². The molecule has 4 heteroatoms. The maximum atomic E-state index is 9.92. The lowest BCUT2D eigenvalue weighted by Crippen LogP contribution is -2.40. The second-order valence-electron chi connectivity index (χ2n) is 4.21. The van der Waals surface area contributed by atoms with E-state index >= 15 is 0 Å². The lowest BCUT2D eigenvalue weighted by molar-refractivity contribution is 0.0852. The SMILES string of the molecule is CSCC(C)(O)CNCCc1ccncc1. The van der Waals surface area contributed by atoms with Gasteiger partial charge in [-0.3, -0.25) is 4.98 Å². The lowest BCUT2D eigenvalue weighted by Gasteiger charge is -2.22. The van der Waals surface area contributed by atoms with Gasteiger partial charge in [-0.1, -0.05) is 0 Å². The molecule has 0 amide bonds. The number of nitrogens with zero attached hydrogens (tertiary/aromatic N) is 1. The number of rotatable bonds is 7. The minimum atomic E-state index is -0.613. The molecule has 1 aromatic heterocycles. The van der Waals surface area contributed by atoms with Gasteiger partial charge in [0.25, 0.3) is 0 Å². The van der Waals surface area contributed by atoms with E-state index in [9.17, 15) is 5.11 Å². The number of aromatic nitrogens is 1. The van der Waals surface area contributed by atoms with Crippen LogP contribution in [0.1, 0.15) is 12.5 Å². The molecule has 1 aromatic rings. The summed E-state index contributed by atoms with van der Waals surface area (Å²) >= 11 is 1.66. The molecule has 1 rings (SSSR count). The van der Waals surface area contributed by atoms with E-state index < -0.39 is 5.60 Å². The van der Waals surface area contributed by atoms with Crippen LogP contribution in [-0.4, -0.2) is 40.8 Å². The van der Waals surface area contributed by atoms with Crippen molar-refractivity contribution < 1.29 is 5.11 Å². The molecule has 0 aliphatic carbocycles. The largest absolute Gasteiger partial charge is 0.388 e. The van der Waals surface area contributed by atoms with Gasteiger partial charge in [-0.15, -0.1) is 0 Å². The van der Waals surface area contributed by atoms with Crippen molar-refractivity contribution >= 4 is 11.8 Å². The molecule has 1 heterocycles. The summed E-state index contributed by atoms with van der Waals surface area (Å²) in [5.74, 6) is 0.759. The molecule has 3 nitrogen and oxygen atoms in total. The second kappa shape index (κ2) is 6.89. The quantitative estimate of drug-likeness (QED) is 0.706. The maximum absolute atomic E-state index is 9.92. The smallest absolute Gasteiger partial charge is 0.0833 e. The highest BCUT2D eigenvalue weighted by atomic mass is 32.2. The van der Waals surface area contributed by atoms with Crippen molar-refractivity contribution in [2.24, 2.45) is 0 Å². The van der Waals surface area contributed by atoms with Crippen LogP contribution in [0.5, 0.6) is 0 Å². The van der Waals surface area contributed by atoms with Crippen molar-refractivity contribution in [1.29, 1.82) is 0 Å². The summed E-state index contributed by atoms with van der Waals surface area (Å²) in [6, 6.07) is 4.03. The molecule has 0 saturated heterocycles. The van der Waals surface area contributed by atoms with E-state index in [4.69, 9.17) is 0 Å². The Kier molecular flexibility index (Phi) is 5.80. The first kappa shape index (κ1) is 13.5. The third-order valence-corrected chi connectivity index (χ3v) is 3.21. The zero-order valence-corrected chi connectivity index (χ0v) is 10.8. The Hall–Kier alpha value is -0.580. The maximum Gasteiger partial charge on any atom is 0.0833 e. The minimum Gasteiger partial charge on any atom is -0.388 e. The van der Waals surface area contributed by atoms with Crippen LogP contribution < -0.4 is 5.32 Å². The zero-order valence-electron chi connectivity index (χ0n) is 9.94. The molecule has 0 aromatic carbocycles. The average molecular weight is 240 g/mol. The van der Waals surface area contributed by atoms with Crippen molar-refractivity contribution in [1.82, 2.24) is 10.3 Å². The van der Waals surface area contributed by atoms with Crippen molar-refractivity contribution in [2.45, 2.75) is 18.9 Å². The highest BCUT2D eigenvalue weighted by Crippen LogP contribution is 2.08.